The first kappa shape index (κ1) is 11.7. The van der Waals surface area contributed by atoms with Crippen LogP contribution in [-0.4, -0.2) is 41.8 Å². The van der Waals surface area contributed by atoms with Gasteiger partial charge in [-0.05, 0) is 40.0 Å². The number of hydrogen-bond donors (Lipinski definition) is 1. The minimum Gasteiger partial charge on any atom is -0.444 e. The molecule has 2 aliphatic rings. The second-order valence-electron chi connectivity index (χ2n) is 5.73. The minimum atomic E-state index is -0.393. The SMILES string of the molecule is CC(C)(C)OC(=O)N1CCN[C@@H]2CCC[C@H]21. The van der Waals surface area contributed by atoms with Crippen molar-refractivity contribution in [3.63, 3.8) is 0 Å². The average molecular weight is 226 g/mol. The lowest BCUT2D eigenvalue weighted by Gasteiger charge is -2.39. The predicted molar refractivity (Wildman–Crippen MR) is 62.4 cm³/mol. The van der Waals surface area contributed by atoms with E-state index in [1.807, 2.05) is 25.7 Å². The van der Waals surface area contributed by atoms with Crippen molar-refractivity contribution in [3.05, 3.63) is 0 Å². The maximum Gasteiger partial charge on any atom is 0.410 e. The molecule has 1 heterocycles. The zero-order valence-electron chi connectivity index (χ0n) is 10.5. The molecule has 1 aliphatic heterocycles. The first-order valence-corrected chi connectivity index (χ1v) is 6.20. The van der Waals surface area contributed by atoms with Crippen LogP contribution in [0.4, 0.5) is 4.79 Å². The molecule has 2 fully saturated rings. The summed E-state index contributed by atoms with van der Waals surface area (Å²) in [7, 11) is 0. The number of rotatable bonds is 0. The molecule has 1 aliphatic carbocycles. The number of fused-ring (bicyclic) bond motifs is 1. The summed E-state index contributed by atoms with van der Waals surface area (Å²) in [6.07, 6.45) is 3.36. The highest BCUT2D eigenvalue weighted by Crippen LogP contribution is 2.27. The van der Waals surface area contributed by atoms with Crippen LogP contribution in [-0.2, 0) is 4.74 Å². The lowest BCUT2D eigenvalue weighted by molar-refractivity contribution is 0.00882. The first-order chi connectivity index (χ1) is 7.47. The summed E-state index contributed by atoms with van der Waals surface area (Å²) in [5.41, 5.74) is -0.393. The molecular formula is C12H22N2O2. The molecule has 0 aromatic heterocycles. The first-order valence-electron chi connectivity index (χ1n) is 6.20. The van der Waals surface area contributed by atoms with Gasteiger partial charge in [-0.3, -0.25) is 0 Å². The van der Waals surface area contributed by atoms with Crippen molar-refractivity contribution in [2.24, 2.45) is 0 Å². The molecule has 4 nitrogen and oxygen atoms in total. The molecule has 1 saturated heterocycles. The van der Waals surface area contributed by atoms with E-state index in [9.17, 15) is 4.79 Å². The van der Waals surface area contributed by atoms with Gasteiger partial charge in [0.05, 0.1) is 6.04 Å². The lowest BCUT2D eigenvalue weighted by atomic mass is 10.1. The largest absolute Gasteiger partial charge is 0.444 e. The fraction of sp³-hybridized carbons (Fsp3) is 0.917. The zero-order chi connectivity index (χ0) is 11.8. The maximum atomic E-state index is 12.0. The molecule has 0 unspecified atom stereocenters. The van der Waals surface area contributed by atoms with Gasteiger partial charge in [0.15, 0.2) is 0 Å². The standard InChI is InChI=1S/C12H22N2O2/c1-12(2,3)16-11(15)14-8-7-13-9-5-4-6-10(9)14/h9-10,13H,4-8H2,1-3H3/t9-,10-/m1/s1. The van der Waals surface area contributed by atoms with E-state index in [4.69, 9.17) is 4.74 Å². The highest BCUT2D eigenvalue weighted by Gasteiger charge is 2.38. The van der Waals surface area contributed by atoms with Crippen LogP contribution in [0.3, 0.4) is 0 Å². The Labute approximate surface area is 97.3 Å². The molecule has 0 spiro atoms. The number of nitrogens with one attached hydrogen (secondary N) is 1. The summed E-state index contributed by atoms with van der Waals surface area (Å²) >= 11 is 0. The third-order valence-corrected chi connectivity index (χ3v) is 3.27. The molecule has 4 heteroatoms. The van der Waals surface area contributed by atoms with Gasteiger partial charge in [0.1, 0.15) is 5.60 Å². The second kappa shape index (κ2) is 4.24. The van der Waals surface area contributed by atoms with Crippen LogP contribution in [0.25, 0.3) is 0 Å². The number of amides is 1. The highest BCUT2D eigenvalue weighted by atomic mass is 16.6. The molecule has 0 aromatic rings. The molecule has 2 atom stereocenters. The van der Waals surface area contributed by atoms with Crippen molar-refractivity contribution in [2.75, 3.05) is 13.1 Å². The van der Waals surface area contributed by atoms with Crippen LogP contribution in [0.15, 0.2) is 0 Å². The summed E-state index contributed by atoms with van der Waals surface area (Å²) in [6, 6.07) is 0.838. The van der Waals surface area contributed by atoms with Gasteiger partial charge in [0.2, 0.25) is 0 Å². The van der Waals surface area contributed by atoms with Crippen molar-refractivity contribution in [2.45, 2.75) is 57.7 Å². The van der Waals surface area contributed by atoms with Gasteiger partial charge in [-0.1, -0.05) is 0 Å². The molecule has 92 valence electrons. The van der Waals surface area contributed by atoms with Gasteiger partial charge < -0.3 is 15.0 Å². The van der Waals surface area contributed by atoms with Crippen molar-refractivity contribution < 1.29 is 9.53 Å². The van der Waals surface area contributed by atoms with E-state index < -0.39 is 5.60 Å². The molecular weight excluding hydrogens is 204 g/mol. The van der Waals surface area contributed by atoms with E-state index in [0.29, 0.717) is 12.1 Å². The topological polar surface area (TPSA) is 41.6 Å². The van der Waals surface area contributed by atoms with Crippen LogP contribution in [0.2, 0.25) is 0 Å². The number of piperazine rings is 1. The molecule has 0 radical (unpaired) electrons. The summed E-state index contributed by atoms with van der Waals surface area (Å²) in [6.45, 7) is 7.41. The fourth-order valence-electron chi connectivity index (χ4n) is 2.64. The summed E-state index contributed by atoms with van der Waals surface area (Å²) in [5.74, 6) is 0. The van der Waals surface area contributed by atoms with E-state index in [1.165, 1.54) is 12.8 Å². The zero-order valence-corrected chi connectivity index (χ0v) is 10.5. The Morgan fingerprint density at radius 2 is 2.12 bits per heavy atom. The molecule has 16 heavy (non-hydrogen) atoms. The van der Waals surface area contributed by atoms with Gasteiger partial charge in [-0.25, -0.2) is 4.79 Å². The van der Waals surface area contributed by atoms with Crippen molar-refractivity contribution >= 4 is 6.09 Å². The average Bonchev–Trinajstić information content (AvgIpc) is 2.61. The number of carbonyl (C=O) groups is 1. The maximum absolute atomic E-state index is 12.0. The molecule has 1 saturated carbocycles. The number of carbonyl (C=O) groups excluding carboxylic acids is 1. The van der Waals surface area contributed by atoms with E-state index in [0.717, 1.165) is 19.5 Å². The Balaban J connectivity index is 2.00. The van der Waals surface area contributed by atoms with Gasteiger partial charge in [-0.15, -0.1) is 0 Å². The summed E-state index contributed by atoms with van der Waals surface area (Å²) < 4.78 is 5.44. The number of nitrogens with zero attached hydrogens (tertiary/aromatic N) is 1. The fourth-order valence-corrected chi connectivity index (χ4v) is 2.64. The van der Waals surface area contributed by atoms with E-state index >= 15 is 0 Å². The Hall–Kier alpha value is -0.770. The highest BCUT2D eigenvalue weighted by molar-refractivity contribution is 5.69. The second-order valence-corrected chi connectivity index (χ2v) is 5.73. The van der Waals surface area contributed by atoms with Gasteiger partial charge >= 0.3 is 6.09 Å². The molecule has 0 bridgehead atoms. The third kappa shape index (κ3) is 2.48. The molecule has 0 aromatic carbocycles. The van der Waals surface area contributed by atoms with Crippen LogP contribution in [0.5, 0.6) is 0 Å². The molecule has 2 rings (SSSR count). The van der Waals surface area contributed by atoms with Gasteiger partial charge in [0.25, 0.3) is 0 Å². The molecule has 1 amide bonds. The smallest absolute Gasteiger partial charge is 0.410 e. The van der Waals surface area contributed by atoms with Gasteiger partial charge in [0, 0.05) is 19.1 Å². The van der Waals surface area contributed by atoms with Crippen molar-refractivity contribution in [1.82, 2.24) is 10.2 Å². The monoisotopic (exact) mass is 226 g/mol. The minimum absolute atomic E-state index is 0.147. The lowest BCUT2D eigenvalue weighted by Crippen LogP contribution is -2.57. The Kier molecular flexibility index (Phi) is 3.10. The summed E-state index contributed by atoms with van der Waals surface area (Å²) in [5, 5.41) is 3.48. The van der Waals surface area contributed by atoms with Crippen LogP contribution in [0.1, 0.15) is 40.0 Å². The van der Waals surface area contributed by atoms with Crippen molar-refractivity contribution in [1.29, 1.82) is 0 Å². The molecule has 1 N–H and O–H groups in total. The number of hydrogen-bond acceptors (Lipinski definition) is 3. The Morgan fingerprint density at radius 1 is 1.38 bits per heavy atom. The van der Waals surface area contributed by atoms with E-state index in [1.54, 1.807) is 0 Å². The van der Waals surface area contributed by atoms with Crippen LogP contribution < -0.4 is 5.32 Å². The Morgan fingerprint density at radius 3 is 2.81 bits per heavy atom. The van der Waals surface area contributed by atoms with Crippen molar-refractivity contribution in [3.8, 4) is 0 Å². The van der Waals surface area contributed by atoms with E-state index in [-0.39, 0.29) is 6.09 Å². The van der Waals surface area contributed by atoms with Gasteiger partial charge in [-0.2, -0.15) is 0 Å². The summed E-state index contributed by atoms with van der Waals surface area (Å²) in [4.78, 5) is 13.9. The van der Waals surface area contributed by atoms with E-state index in [2.05, 4.69) is 5.32 Å². The predicted octanol–water partition coefficient (Wildman–Crippen LogP) is 1.75. The number of ether oxygens (including phenoxy) is 1. The van der Waals surface area contributed by atoms with Crippen LogP contribution in [0, 0.1) is 0 Å². The third-order valence-electron chi connectivity index (χ3n) is 3.27. The Bertz CT molecular complexity index is 273. The normalized spacial score (nSPS) is 30.1. The van der Waals surface area contributed by atoms with Crippen LogP contribution >= 0.6 is 0 Å². The quantitative estimate of drug-likeness (QED) is 0.684.